The maximum Gasteiger partial charge on any atom is 0.265 e. The van der Waals surface area contributed by atoms with Crippen LogP contribution in [0.4, 0.5) is 4.39 Å². The standard InChI is InChI=1S/C21H26ClFN2O3S/c1-29(2,28)25-20(27)16-8-17(22)15(6-18(16)23)7-19(26)24-21-9-12-3-13(10-21)5-14(4-12)11-21/h6,8,12-14H,1,3-5,7,9-11H2,2H3,(H,24,26)(H,25,27,28). The van der Waals surface area contributed by atoms with Gasteiger partial charge in [0.05, 0.1) is 12.0 Å². The van der Waals surface area contributed by atoms with Crippen LogP contribution in [-0.2, 0) is 20.9 Å². The van der Waals surface area contributed by atoms with E-state index >= 15 is 0 Å². The number of hydrogen-bond donors (Lipinski definition) is 2. The van der Waals surface area contributed by atoms with Crippen molar-refractivity contribution >= 4 is 39.0 Å². The van der Waals surface area contributed by atoms with Crippen LogP contribution in [0.5, 0.6) is 0 Å². The number of nitrogens with one attached hydrogen (secondary N) is 2. The number of rotatable bonds is 5. The second-order valence-electron chi connectivity index (χ2n) is 9.28. The second kappa shape index (κ2) is 7.27. The van der Waals surface area contributed by atoms with E-state index in [1.54, 1.807) is 0 Å². The van der Waals surface area contributed by atoms with Crippen molar-refractivity contribution < 1.29 is 18.2 Å². The maximum atomic E-state index is 14.5. The molecule has 0 heterocycles. The van der Waals surface area contributed by atoms with Crippen molar-refractivity contribution in [1.29, 1.82) is 0 Å². The lowest BCUT2D eigenvalue weighted by molar-refractivity contribution is -0.126. The van der Waals surface area contributed by atoms with Crippen molar-refractivity contribution in [3.63, 3.8) is 0 Å². The largest absolute Gasteiger partial charge is 0.350 e. The number of halogens is 2. The summed E-state index contributed by atoms with van der Waals surface area (Å²) in [5, 5.41) is 3.37. The van der Waals surface area contributed by atoms with Gasteiger partial charge in [-0.15, -0.1) is 0 Å². The summed E-state index contributed by atoms with van der Waals surface area (Å²) in [7, 11) is -2.83. The predicted molar refractivity (Wildman–Crippen MR) is 113 cm³/mol. The van der Waals surface area contributed by atoms with Crippen LogP contribution in [0, 0.1) is 23.6 Å². The summed E-state index contributed by atoms with van der Waals surface area (Å²) in [5.74, 6) is 3.62. The highest BCUT2D eigenvalue weighted by Gasteiger charge is 2.51. The average molecular weight is 441 g/mol. The van der Waals surface area contributed by atoms with Gasteiger partial charge < -0.3 is 5.32 Å². The van der Waals surface area contributed by atoms with Gasteiger partial charge in [0.25, 0.3) is 5.91 Å². The van der Waals surface area contributed by atoms with Gasteiger partial charge in [-0.05, 0) is 79.8 Å². The fourth-order valence-corrected chi connectivity index (χ4v) is 6.66. The molecule has 4 aliphatic rings. The maximum absolute atomic E-state index is 14.5. The molecule has 0 radical (unpaired) electrons. The van der Waals surface area contributed by atoms with Crippen molar-refractivity contribution in [3.8, 4) is 0 Å². The van der Waals surface area contributed by atoms with Crippen LogP contribution < -0.4 is 10.0 Å². The minimum absolute atomic E-state index is 0.0424. The van der Waals surface area contributed by atoms with Crippen LogP contribution in [0.3, 0.4) is 0 Å². The zero-order valence-corrected chi connectivity index (χ0v) is 18.0. The number of amides is 2. The SMILES string of the molecule is C=S(C)(=O)NC(=O)c1cc(Cl)c(CC(=O)NC23CC4CC(CC(C4)C2)C3)cc1F. The third-order valence-electron chi connectivity index (χ3n) is 6.48. The van der Waals surface area contributed by atoms with E-state index in [0.29, 0.717) is 23.3 Å². The molecule has 1 atom stereocenters. The first-order chi connectivity index (χ1) is 13.5. The summed E-state index contributed by atoms with van der Waals surface area (Å²) in [6, 6.07) is 2.28. The van der Waals surface area contributed by atoms with Crippen molar-refractivity contribution in [2.75, 3.05) is 6.26 Å². The molecule has 4 saturated carbocycles. The molecule has 0 spiro atoms. The quantitative estimate of drug-likeness (QED) is 0.691. The summed E-state index contributed by atoms with van der Waals surface area (Å²) in [5.41, 5.74) is -0.111. The molecule has 0 aliphatic heterocycles. The fourth-order valence-electron chi connectivity index (χ4n) is 5.93. The van der Waals surface area contributed by atoms with E-state index in [2.05, 4.69) is 15.9 Å². The highest BCUT2D eigenvalue weighted by atomic mass is 35.5. The van der Waals surface area contributed by atoms with Crippen molar-refractivity contribution in [1.82, 2.24) is 10.0 Å². The van der Waals surface area contributed by atoms with Gasteiger partial charge in [-0.3, -0.25) is 14.3 Å². The zero-order valence-electron chi connectivity index (χ0n) is 16.4. The van der Waals surface area contributed by atoms with Crippen LogP contribution in [-0.4, -0.2) is 33.7 Å². The minimum atomic E-state index is -2.83. The van der Waals surface area contributed by atoms with Gasteiger partial charge in [-0.2, -0.15) is 0 Å². The molecule has 1 aromatic carbocycles. The van der Waals surface area contributed by atoms with E-state index in [1.165, 1.54) is 31.6 Å². The van der Waals surface area contributed by atoms with Crippen molar-refractivity contribution in [2.45, 2.75) is 50.5 Å². The molecule has 5 nitrogen and oxygen atoms in total. The number of carbonyl (C=O) groups excluding carboxylic acids is 2. The highest BCUT2D eigenvalue weighted by Crippen LogP contribution is 2.55. The van der Waals surface area contributed by atoms with Crippen LogP contribution in [0.1, 0.15) is 54.4 Å². The van der Waals surface area contributed by atoms with Crippen molar-refractivity contribution in [2.24, 2.45) is 17.8 Å². The molecule has 4 fully saturated rings. The summed E-state index contributed by atoms with van der Waals surface area (Å²) >= 11 is 6.22. The normalized spacial score (nSPS) is 31.9. The van der Waals surface area contributed by atoms with E-state index in [-0.39, 0.29) is 28.5 Å². The van der Waals surface area contributed by atoms with Gasteiger partial charge in [-0.25, -0.2) is 8.60 Å². The first-order valence-electron chi connectivity index (χ1n) is 9.95. The first kappa shape index (κ1) is 20.7. The zero-order chi connectivity index (χ0) is 21.0. The van der Waals surface area contributed by atoms with Gasteiger partial charge >= 0.3 is 0 Å². The lowest BCUT2D eigenvalue weighted by atomic mass is 9.53. The smallest absolute Gasteiger partial charge is 0.265 e. The third-order valence-corrected chi connectivity index (χ3v) is 7.45. The van der Waals surface area contributed by atoms with E-state index in [4.69, 9.17) is 11.6 Å². The Hall–Kier alpha value is -1.60. The Balaban J connectivity index is 1.46. The number of benzene rings is 1. The molecule has 4 bridgehead atoms. The van der Waals surface area contributed by atoms with Gasteiger partial charge in [0.15, 0.2) is 0 Å². The molecular formula is C21H26ClFN2O3S. The van der Waals surface area contributed by atoms with E-state index in [1.807, 2.05) is 0 Å². The molecule has 5 rings (SSSR count). The fraction of sp³-hybridized carbons (Fsp3) is 0.571. The molecule has 0 aromatic heterocycles. The summed E-state index contributed by atoms with van der Waals surface area (Å²) in [6.07, 6.45) is 8.16. The second-order valence-corrected chi connectivity index (χ2v) is 11.9. The summed E-state index contributed by atoms with van der Waals surface area (Å²) in [6.45, 7) is 0. The predicted octanol–water partition coefficient (Wildman–Crippen LogP) is 3.10. The van der Waals surface area contributed by atoms with Crippen LogP contribution in [0.2, 0.25) is 5.02 Å². The lowest BCUT2D eigenvalue weighted by Crippen LogP contribution is -2.60. The Morgan fingerprint density at radius 1 is 1.21 bits per heavy atom. The van der Waals surface area contributed by atoms with Gasteiger partial charge in [-0.1, -0.05) is 11.6 Å². The van der Waals surface area contributed by atoms with Crippen LogP contribution >= 0.6 is 11.6 Å². The molecule has 4 aliphatic carbocycles. The summed E-state index contributed by atoms with van der Waals surface area (Å²) in [4.78, 5) is 24.8. The molecule has 0 saturated heterocycles. The molecule has 2 amide bonds. The molecule has 158 valence electrons. The Morgan fingerprint density at radius 2 is 1.76 bits per heavy atom. The average Bonchev–Trinajstić information content (AvgIpc) is 2.54. The van der Waals surface area contributed by atoms with Crippen molar-refractivity contribution in [3.05, 3.63) is 34.1 Å². The monoisotopic (exact) mass is 440 g/mol. The minimum Gasteiger partial charge on any atom is -0.350 e. The Bertz CT molecular complexity index is 941. The summed E-state index contributed by atoms with van der Waals surface area (Å²) < 4.78 is 28.2. The van der Waals surface area contributed by atoms with Gasteiger partial charge in [0.1, 0.15) is 5.82 Å². The van der Waals surface area contributed by atoms with Crippen LogP contribution in [0.25, 0.3) is 0 Å². The Labute approximate surface area is 175 Å². The lowest BCUT2D eigenvalue weighted by Gasteiger charge is -2.56. The van der Waals surface area contributed by atoms with E-state index in [9.17, 15) is 18.2 Å². The number of carbonyl (C=O) groups is 2. The molecular weight excluding hydrogens is 415 g/mol. The van der Waals surface area contributed by atoms with Gasteiger partial charge in [0.2, 0.25) is 5.91 Å². The number of hydrogen-bond acceptors (Lipinski definition) is 3. The topological polar surface area (TPSA) is 75.3 Å². The molecule has 8 heteroatoms. The molecule has 29 heavy (non-hydrogen) atoms. The van der Waals surface area contributed by atoms with E-state index in [0.717, 1.165) is 25.3 Å². The molecule has 2 N–H and O–H groups in total. The Morgan fingerprint density at radius 3 is 2.28 bits per heavy atom. The molecule has 1 unspecified atom stereocenters. The highest BCUT2D eigenvalue weighted by molar-refractivity contribution is 7.98. The third kappa shape index (κ3) is 4.45. The van der Waals surface area contributed by atoms with E-state index < -0.39 is 21.4 Å². The van der Waals surface area contributed by atoms with Gasteiger partial charge in [0, 0.05) is 26.5 Å². The first-order valence-corrected chi connectivity index (χ1v) is 12.5. The Kier molecular flexibility index (Phi) is 5.18. The van der Waals surface area contributed by atoms with Crippen LogP contribution in [0.15, 0.2) is 12.1 Å². The molecule has 1 aromatic rings.